The smallest absolute Gasteiger partial charge is 0.240 e. The highest BCUT2D eigenvalue weighted by molar-refractivity contribution is 6.16. The first kappa shape index (κ1) is 32.7. The van der Waals surface area contributed by atoms with Crippen molar-refractivity contribution in [3.63, 3.8) is 0 Å². The van der Waals surface area contributed by atoms with Gasteiger partial charge in [0.25, 0.3) is 0 Å². The molecule has 0 radical (unpaired) electrons. The monoisotopic (exact) mass is 671 g/mol. The summed E-state index contributed by atoms with van der Waals surface area (Å²) in [6.45, 7) is 2.71. The van der Waals surface area contributed by atoms with E-state index in [9.17, 15) is 14.0 Å². The number of pyridine rings is 1. The zero-order valence-corrected chi connectivity index (χ0v) is 27.5. The average molecular weight is 672 g/mol. The predicted molar refractivity (Wildman–Crippen MR) is 181 cm³/mol. The van der Waals surface area contributed by atoms with Crippen LogP contribution in [0.25, 0.3) is 10.9 Å². The molecule has 2 saturated carbocycles. The Hall–Kier alpha value is -4.81. The van der Waals surface area contributed by atoms with Gasteiger partial charge in [0.1, 0.15) is 23.6 Å². The Morgan fingerprint density at radius 3 is 2.20 bits per heavy atom. The number of fused-ring (bicyclic) bond motifs is 1. The van der Waals surface area contributed by atoms with Crippen LogP contribution in [0.4, 0.5) is 20.2 Å². The molecule has 2 amide bonds. The Morgan fingerprint density at radius 1 is 0.857 bits per heavy atom. The number of hydrogen-bond donors (Lipinski definition) is 3. The van der Waals surface area contributed by atoms with Gasteiger partial charge in [-0.2, -0.15) is 0 Å². The second-order valence-corrected chi connectivity index (χ2v) is 13.4. The van der Waals surface area contributed by atoms with Crippen LogP contribution in [0.3, 0.4) is 0 Å². The van der Waals surface area contributed by atoms with Gasteiger partial charge in [0.05, 0.1) is 18.2 Å². The van der Waals surface area contributed by atoms with Gasteiger partial charge >= 0.3 is 0 Å². The van der Waals surface area contributed by atoms with Crippen LogP contribution in [0, 0.1) is 17.0 Å². The zero-order valence-electron chi connectivity index (χ0n) is 27.5. The number of hydrogen-bond acceptors (Lipinski definition) is 8. The van der Waals surface area contributed by atoms with Crippen LogP contribution in [0.2, 0.25) is 0 Å². The molecule has 3 aliphatic rings. The molecule has 1 aliphatic heterocycles. The Bertz CT molecular complexity index is 1870. The van der Waals surface area contributed by atoms with Gasteiger partial charge in [0.15, 0.2) is 23.1 Å². The van der Waals surface area contributed by atoms with E-state index in [0.717, 1.165) is 44.8 Å². The Morgan fingerprint density at radius 2 is 1.55 bits per heavy atom. The van der Waals surface area contributed by atoms with Gasteiger partial charge in [0, 0.05) is 41.1 Å². The first-order chi connectivity index (χ1) is 23.6. The van der Waals surface area contributed by atoms with Crippen LogP contribution >= 0.6 is 0 Å². The van der Waals surface area contributed by atoms with E-state index in [-0.39, 0.29) is 17.0 Å². The third-order valence-electron chi connectivity index (χ3n) is 9.70. The van der Waals surface area contributed by atoms with Gasteiger partial charge in [0.2, 0.25) is 11.8 Å². The molecule has 0 bridgehead atoms. The van der Waals surface area contributed by atoms with Crippen molar-refractivity contribution in [1.29, 1.82) is 0 Å². The summed E-state index contributed by atoms with van der Waals surface area (Å²) in [6, 6.07) is 15.1. The predicted octanol–water partition coefficient (Wildman–Crippen LogP) is 6.27. The van der Waals surface area contributed by atoms with Gasteiger partial charge in [-0.25, -0.2) is 8.78 Å². The van der Waals surface area contributed by atoms with Gasteiger partial charge in [-0.05, 0) is 107 Å². The number of piperidine rings is 1. The summed E-state index contributed by atoms with van der Waals surface area (Å²) >= 11 is 0. The molecule has 0 spiro atoms. The van der Waals surface area contributed by atoms with Crippen LogP contribution in [0.15, 0.2) is 66.9 Å². The van der Waals surface area contributed by atoms with Crippen LogP contribution < -0.4 is 30.2 Å². The van der Waals surface area contributed by atoms with Crippen LogP contribution in [0.1, 0.15) is 38.5 Å². The van der Waals surface area contributed by atoms with E-state index < -0.39 is 28.9 Å². The second kappa shape index (κ2) is 13.2. The minimum Gasteiger partial charge on any atom is -0.493 e. The molecule has 2 aliphatic carbocycles. The fourth-order valence-corrected chi connectivity index (χ4v) is 6.27. The number of benzene rings is 3. The number of anilines is 2. The lowest BCUT2D eigenvalue weighted by Crippen LogP contribution is -2.48. The second-order valence-electron chi connectivity index (χ2n) is 13.4. The molecule has 256 valence electrons. The largest absolute Gasteiger partial charge is 0.493 e. The standard InChI is InChI=1S/C37H39F2N5O5/c1-44-17-10-25(11-18-44)43-36(12-13-36)22-48-33-21-29-27(20-32(33)47-2)30(9-16-40-29)49-31-8-7-26(19-28(31)39)42-35(46)37(14-15-37)34(45)41-24-5-3-23(38)4-6-24/h3-9,16,19-21,25,43H,10-15,17-18,22H2,1-2H3,(H,41,45)(H,42,46). The van der Waals surface area contributed by atoms with Crippen molar-refractivity contribution in [2.45, 2.75) is 50.1 Å². The molecule has 4 aromatic rings. The molecule has 12 heteroatoms. The molecule has 3 aromatic carbocycles. The summed E-state index contributed by atoms with van der Waals surface area (Å²) in [5.74, 6) is -0.799. The van der Waals surface area contributed by atoms with Crippen LogP contribution in [-0.4, -0.2) is 67.1 Å². The van der Waals surface area contributed by atoms with E-state index in [1.807, 2.05) is 6.07 Å². The fraction of sp³-hybridized carbons (Fsp3) is 0.378. The maximum Gasteiger partial charge on any atom is 0.240 e. The minimum absolute atomic E-state index is 0.0300. The van der Waals surface area contributed by atoms with Crippen molar-refractivity contribution in [2.75, 3.05) is 44.5 Å². The highest BCUT2D eigenvalue weighted by Gasteiger charge is 2.56. The van der Waals surface area contributed by atoms with Gasteiger partial charge in [-0.3, -0.25) is 14.6 Å². The molecule has 7 rings (SSSR count). The van der Waals surface area contributed by atoms with Gasteiger partial charge < -0.3 is 35.1 Å². The van der Waals surface area contributed by atoms with E-state index in [4.69, 9.17) is 14.2 Å². The van der Waals surface area contributed by atoms with Gasteiger partial charge in [-0.15, -0.1) is 0 Å². The number of carbonyl (C=O) groups is 2. The summed E-state index contributed by atoms with van der Waals surface area (Å²) in [6.07, 6.45) is 6.65. The number of methoxy groups -OCH3 is 1. The van der Waals surface area contributed by atoms with Crippen LogP contribution in [0.5, 0.6) is 23.0 Å². The maximum atomic E-state index is 15.3. The molecule has 1 saturated heterocycles. The number of likely N-dealkylation sites (tertiary alicyclic amines) is 1. The Labute approximate surface area is 283 Å². The lowest BCUT2D eigenvalue weighted by atomic mass is 10.0. The minimum atomic E-state index is -1.28. The van der Waals surface area contributed by atoms with E-state index in [0.29, 0.717) is 59.3 Å². The first-order valence-corrected chi connectivity index (χ1v) is 16.6. The molecular formula is C37H39F2N5O5. The van der Waals surface area contributed by atoms with E-state index in [1.165, 1.54) is 36.4 Å². The number of rotatable bonds is 12. The Balaban J connectivity index is 1.01. The molecule has 2 heterocycles. The summed E-state index contributed by atoms with van der Waals surface area (Å²) in [5.41, 5.74) is -0.153. The van der Waals surface area contributed by atoms with Crippen molar-refractivity contribution < 1.29 is 32.6 Å². The maximum absolute atomic E-state index is 15.3. The van der Waals surface area contributed by atoms with Crippen molar-refractivity contribution in [3.05, 3.63) is 78.5 Å². The molecule has 10 nitrogen and oxygen atoms in total. The highest BCUT2D eigenvalue weighted by atomic mass is 19.1. The number of nitrogens with one attached hydrogen (secondary N) is 3. The number of nitrogens with zero attached hydrogens (tertiary/aromatic N) is 2. The van der Waals surface area contributed by atoms with E-state index in [2.05, 4.69) is 32.9 Å². The number of carbonyl (C=O) groups excluding carboxylic acids is 2. The average Bonchev–Trinajstić information content (AvgIpc) is 4.04. The summed E-state index contributed by atoms with van der Waals surface area (Å²) in [5, 5.41) is 9.76. The Kier molecular flexibility index (Phi) is 8.84. The SMILES string of the molecule is COc1cc2c(Oc3ccc(NC(=O)C4(C(=O)Nc5ccc(F)cc5)CC4)cc3F)ccnc2cc1OCC1(NC2CCN(C)CC2)CC1. The topological polar surface area (TPSA) is 114 Å². The quantitative estimate of drug-likeness (QED) is 0.151. The van der Waals surface area contributed by atoms with Crippen molar-refractivity contribution in [1.82, 2.24) is 15.2 Å². The van der Waals surface area contributed by atoms with E-state index >= 15 is 4.39 Å². The highest BCUT2D eigenvalue weighted by Crippen LogP contribution is 2.48. The molecule has 0 unspecified atom stereocenters. The number of ether oxygens (including phenoxy) is 3. The number of amides is 2. The normalized spacial score (nSPS) is 18.0. The fourth-order valence-electron chi connectivity index (χ4n) is 6.27. The van der Waals surface area contributed by atoms with Crippen molar-refractivity contribution in [2.24, 2.45) is 5.41 Å². The zero-order chi connectivity index (χ0) is 34.2. The van der Waals surface area contributed by atoms with Crippen molar-refractivity contribution in [3.8, 4) is 23.0 Å². The third kappa shape index (κ3) is 7.16. The lowest BCUT2D eigenvalue weighted by Gasteiger charge is -2.32. The van der Waals surface area contributed by atoms with E-state index in [1.54, 1.807) is 25.4 Å². The molecule has 1 aromatic heterocycles. The molecule has 49 heavy (non-hydrogen) atoms. The first-order valence-electron chi connectivity index (χ1n) is 16.6. The number of aromatic nitrogens is 1. The van der Waals surface area contributed by atoms with Crippen LogP contribution in [-0.2, 0) is 9.59 Å². The summed E-state index contributed by atoms with van der Waals surface area (Å²) in [4.78, 5) is 32.8. The molecular weight excluding hydrogens is 632 g/mol. The third-order valence-corrected chi connectivity index (χ3v) is 9.70. The van der Waals surface area contributed by atoms with Crippen molar-refractivity contribution >= 4 is 34.1 Å². The lowest BCUT2D eigenvalue weighted by molar-refractivity contribution is -0.131. The summed E-state index contributed by atoms with van der Waals surface area (Å²) < 4.78 is 46.6. The molecule has 3 fully saturated rings. The van der Waals surface area contributed by atoms with Gasteiger partial charge in [-0.1, -0.05) is 0 Å². The summed E-state index contributed by atoms with van der Waals surface area (Å²) in [7, 11) is 3.73. The molecule has 0 atom stereocenters. The number of halogens is 2. The molecule has 3 N–H and O–H groups in total.